The van der Waals surface area contributed by atoms with Crippen molar-refractivity contribution in [3.63, 3.8) is 0 Å². The third-order valence-electron chi connectivity index (χ3n) is 5.11. The Bertz CT molecular complexity index is 1370. The molecule has 158 valence electrons. The lowest BCUT2D eigenvalue weighted by Crippen LogP contribution is -2.26. The molecule has 0 aliphatic carbocycles. The Morgan fingerprint density at radius 1 is 1.19 bits per heavy atom. The van der Waals surface area contributed by atoms with Gasteiger partial charge in [-0.15, -0.1) is 0 Å². The van der Waals surface area contributed by atoms with E-state index in [-0.39, 0.29) is 11.3 Å². The van der Waals surface area contributed by atoms with E-state index in [0.29, 0.717) is 24.3 Å². The fourth-order valence-electron chi connectivity index (χ4n) is 3.54. The minimum absolute atomic E-state index is 0.0401. The average molecular weight is 425 g/mol. The molecular weight excluding hydrogens is 406 g/mol. The van der Waals surface area contributed by atoms with Crippen molar-refractivity contribution in [3.05, 3.63) is 100 Å². The number of aromatic nitrogens is 2. The quantitative estimate of drug-likeness (QED) is 0.200. The summed E-state index contributed by atoms with van der Waals surface area (Å²) in [4.78, 5) is 26.4. The number of fused-ring (bicyclic) bond motifs is 1. The molecule has 0 radical (unpaired) electrons. The molecule has 1 amide bonds. The Hall–Kier alpha value is -4.64. The summed E-state index contributed by atoms with van der Waals surface area (Å²) in [6, 6.07) is 19.5. The Labute approximate surface area is 183 Å². The topological polar surface area (TPSA) is 117 Å². The second-order valence-electron chi connectivity index (χ2n) is 7.12. The number of aromatic amines is 1. The summed E-state index contributed by atoms with van der Waals surface area (Å²) < 4.78 is 1.68. The van der Waals surface area contributed by atoms with Gasteiger partial charge < -0.3 is 14.9 Å². The predicted octanol–water partition coefficient (Wildman–Crippen LogP) is 4.13. The average Bonchev–Trinajstić information content (AvgIpc) is 3.44. The van der Waals surface area contributed by atoms with Crippen LogP contribution in [-0.2, 0) is 11.2 Å². The molecule has 0 bridgehead atoms. The van der Waals surface area contributed by atoms with Crippen LogP contribution < -0.4 is 5.32 Å². The zero-order valence-corrected chi connectivity index (χ0v) is 17.0. The minimum atomic E-state index is -0.473. The van der Waals surface area contributed by atoms with E-state index in [9.17, 15) is 20.2 Å². The van der Waals surface area contributed by atoms with Crippen LogP contribution in [-0.4, -0.2) is 26.9 Å². The number of non-ortho nitro benzene ring substituents is 1. The number of carbonyl (C=O) groups is 1. The maximum Gasteiger partial charge on any atom is 0.271 e. The van der Waals surface area contributed by atoms with E-state index >= 15 is 0 Å². The zero-order valence-electron chi connectivity index (χ0n) is 17.0. The summed E-state index contributed by atoms with van der Waals surface area (Å²) >= 11 is 0. The normalized spacial score (nSPS) is 11.3. The number of amides is 1. The molecule has 0 aliphatic heterocycles. The highest BCUT2D eigenvalue weighted by atomic mass is 16.6. The second kappa shape index (κ2) is 9.02. The lowest BCUT2D eigenvalue weighted by atomic mass is 10.1. The molecule has 0 aliphatic rings. The summed E-state index contributed by atoms with van der Waals surface area (Å²) in [7, 11) is 0. The summed E-state index contributed by atoms with van der Waals surface area (Å²) in [5.41, 5.74) is 3.16. The second-order valence-corrected chi connectivity index (χ2v) is 7.12. The van der Waals surface area contributed by atoms with E-state index < -0.39 is 10.8 Å². The van der Waals surface area contributed by atoms with Gasteiger partial charge in [0.1, 0.15) is 11.6 Å². The SMILES string of the molecule is N#C/C(=C\c1cccn1-c1cccc([N+](=O)[O-])c1)C(=O)NCCc1c[nH]c2ccccc12. The highest BCUT2D eigenvalue weighted by molar-refractivity contribution is 6.01. The Balaban J connectivity index is 1.48. The first-order chi connectivity index (χ1) is 15.6. The Morgan fingerprint density at radius 3 is 2.84 bits per heavy atom. The van der Waals surface area contributed by atoms with Crippen molar-refractivity contribution in [1.82, 2.24) is 14.9 Å². The molecule has 2 aromatic carbocycles. The summed E-state index contributed by atoms with van der Waals surface area (Å²) in [6.07, 6.45) is 5.73. The summed E-state index contributed by atoms with van der Waals surface area (Å²) in [5, 5.41) is 24.5. The molecule has 2 aromatic heterocycles. The maximum atomic E-state index is 12.6. The number of benzene rings is 2. The molecule has 0 saturated heterocycles. The third-order valence-corrected chi connectivity index (χ3v) is 5.11. The van der Waals surface area contributed by atoms with Crippen molar-refractivity contribution in [1.29, 1.82) is 5.26 Å². The van der Waals surface area contributed by atoms with Crippen LogP contribution in [0.2, 0.25) is 0 Å². The number of hydrogen-bond acceptors (Lipinski definition) is 4. The van der Waals surface area contributed by atoms with Gasteiger partial charge in [-0.1, -0.05) is 24.3 Å². The fourth-order valence-corrected chi connectivity index (χ4v) is 3.54. The number of nitriles is 1. The van der Waals surface area contributed by atoms with E-state index in [1.165, 1.54) is 18.2 Å². The van der Waals surface area contributed by atoms with E-state index in [1.54, 1.807) is 35.0 Å². The first kappa shape index (κ1) is 20.6. The lowest BCUT2D eigenvalue weighted by Gasteiger charge is -2.08. The van der Waals surface area contributed by atoms with E-state index in [2.05, 4.69) is 10.3 Å². The summed E-state index contributed by atoms with van der Waals surface area (Å²) in [6.45, 7) is 0.381. The molecule has 2 N–H and O–H groups in total. The van der Waals surface area contributed by atoms with Gasteiger partial charge in [-0.25, -0.2) is 0 Å². The molecule has 8 heteroatoms. The van der Waals surface area contributed by atoms with Gasteiger partial charge in [0.2, 0.25) is 0 Å². The van der Waals surface area contributed by atoms with Crippen molar-refractivity contribution in [2.75, 3.05) is 6.54 Å². The molecule has 0 atom stereocenters. The van der Waals surface area contributed by atoms with Crippen molar-refractivity contribution in [2.24, 2.45) is 0 Å². The fraction of sp³-hybridized carbons (Fsp3) is 0.0833. The number of nitrogens with zero attached hydrogens (tertiary/aromatic N) is 3. The molecule has 0 fully saturated rings. The van der Waals surface area contributed by atoms with Crippen LogP contribution in [0.25, 0.3) is 22.7 Å². The smallest absolute Gasteiger partial charge is 0.271 e. The lowest BCUT2D eigenvalue weighted by molar-refractivity contribution is -0.384. The zero-order chi connectivity index (χ0) is 22.5. The van der Waals surface area contributed by atoms with Crippen molar-refractivity contribution >= 4 is 28.6 Å². The van der Waals surface area contributed by atoms with Crippen LogP contribution in [0.1, 0.15) is 11.3 Å². The van der Waals surface area contributed by atoms with Gasteiger partial charge in [-0.3, -0.25) is 14.9 Å². The van der Waals surface area contributed by atoms with Crippen LogP contribution in [0.3, 0.4) is 0 Å². The van der Waals surface area contributed by atoms with Gasteiger partial charge in [0, 0.05) is 47.7 Å². The van der Waals surface area contributed by atoms with Crippen molar-refractivity contribution in [3.8, 4) is 11.8 Å². The maximum absolute atomic E-state index is 12.6. The molecule has 0 unspecified atom stereocenters. The van der Waals surface area contributed by atoms with Gasteiger partial charge in [0.05, 0.1) is 10.6 Å². The monoisotopic (exact) mass is 425 g/mol. The van der Waals surface area contributed by atoms with Gasteiger partial charge in [-0.2, -0.15) is 5.26 Å². The van der Waals surface area contributed by atoms with Crippen molar-refractivity contribution < 1.29 is 9.72 Å². The van der Waals surface area contributed by atoms with E-state index in [0.717, 1.165) is 16.5 Å². The molecular formula is C24H19N5O3. The number of para-hydroxylation sites is 1. The van der Waals surface area contributed by atoms with Crippen LogP contribution in [0, 0.1) is 21.4 Å². The van der Waals surface area contributed by atoms with E-state index in [4.69, 9.17) is 0 Å². The number of carbonyl (C=O) groups excluding carboxylic acids is 1. The Kier molecular flexibility index (Phi) is 5.81. The number of nitro groups is 1. The molecule has 4 rings (SSSR count). The van der Waals surface area contributed by atoms with Crippen LogP contribution in [0.5, 0.6) is 0 Å². The number of nitro benzene ring substituents is 1. The van der Waals surface area contributed by atoms with Crippen LogP contribution >= 0.6 is 0 Å². The van der Waals surface area contributed by atoms with Crippen LogP contribution in [0.15, 0.2) is 78.6 Å². The number of nitrogens with one attached hydrogen (secondary N) is 2. The largest absolute Gasteiger partial charge is 0.361 e. The summed E-state index contributed by atoms with van der Waals surface area (Å²) in [5.74, 6) is -0.473. The van der Waals surface area contributed by atoms with Gasteiger partial charge in [-0.05, 0) is 42.3 Å². The first-order valence-electron chi connectivity index (χ1n) is 9.94. The highest BCUT2D eigenvalue weighted by Gasteiger charge is 2.13. The highest BCUT2D eigenvalue weighted by Crippen LogP contribution is 2.21. The predicted molar refractivity (Wildman–Crippen MR) is 121 cm³/mol. The third kappa shape index (κ3) is 4.27. The number of hydrogen-bond donors (Lipinski definition) is 2. The van der Waals surface area contributed by atoms with Gasteiger partial charge >= 0.3 is 0 Å². The minimum Gasteiger partial charge on any atom is -0.361 e. The molecule has 0 spiro atoms. The number of rotatable bonds is 7. The van der Waals surface area contributed by atoms with Crippen LogP contribution in [0.4, 0.5) is 5.69 Å². The van der Waals surface area contributed by atoms with E-state index in [1.807, 2.05) is 36.5 Å². The Morgan fingerprint density at radius 2 is 2.03 bits per heavy atom. The number of H-pyrrole nitrogens is 1. The van der Waals surface area contributed by atoms with Crippen molar-refractivity contribution in [2.45, 2.75) is 6.42 Å². The van der Waals surface area contributed by atoms with Gasteiger partial charge in [0.15, 0.2) is 0 Å². The molecule has 4 aromatic rings. The molecule has 8 nitrogen and oxygen atoms in total. The molecule has 32 heavy (non-hydrogen) atoms. The first-order valence-corrected chi connectivity index (χ1v) is 9.94. The standard InChI is InChI=1S/C24H19N5O3/c25-15-18(24(30)26-11-10-17-16-27-23-9-2-1-8-22(17)23)13-19-7-4-12-28(19)20-5-3-6-21(14-20)29(31)32/h1-9,12-14,16,27H,10-11H2,(H,26,30)/b18-13+. The van der Waals surface area contributed by atoms with Gasteiger partial charge in [0.25, 0.3) is 11.6 Å². The molecule has 2 heterocycles. The molecule has 0 saturated carbocycles.